The van der Waals surface area contributed by atoms with Gasteiger partial charge in [0.2, 0.25) is 5.78 Å². The zero-order valence-corrected chi connectivity index (χ0v) is 15.7. The van der Waals surface area contributed by atoms with E-state index in [2.05, 4.69) is 0 Å². The zero-order chi connectivity index (χ0) is 19.7. The summed E-state index contributed by atoms with van der Waals surface area (Å²) in [4.78, 5) is 27.3. The number of carbonyl (C=O) groups is 2. The van der Waals surface area contributed by atoms with Crippen LogP contribution in [0.5, 0.6) is 0 Å². The molecule has 0 radical (unpaired) electrons. The van der Waals surface area contributed by atoms with E-state index in [1.54, 1.807) is 6.92 Å². The Morgan fingerprint density at radius 3 is 2.36 bits per heavy atom. The predicted octanol–water partition coefficient (Wildman–Crippen LogP) is 4.72. The molecule has 0 aromatic heterocycles. The van der Waals surface area contributed by atoms with E-state index in [0.29, 0.717) is 11.4 Å². The molecule has 4 nitrogen and oxygen atoms in total. The van der Waals surface area contributed by atoms with Crippen LogP contribution in [-0.2, 0) is 14.3 Å². The van der Waals surface area contributed by atoms with Gasteiger partial charge in [0.15, 0.2) is 0 Å². The summed E-state index contributed by atoms with van der Waals surface area (Å²) in [6, 6.07) is 23.5. The number of rotatable bonds is 3. The molecule has 1 heterocycles. The van der Waals surface area contributed by atoms with Crippen molar-refractivity contribution in [2.45, 2.75) is 6.92 Å². The first-order chi connectivity index (χ1) is 13.6. The first-order valence-corrected chi connectivity index (χ1v) is 9.00. The number of fused-ring (bicyclic) bond motifs is 1. The fraction of sp³-hybridized carbons (Fsp3) is 0.0833. The first-order valence-electron chi connectivity index (χ1n) is 9.00. The van der Waals surface area contributed by atoms with Gasteiger partial charge in [-0.15, -0.1) is 0 Å². The molecule has 0 saturated heterocycles. The van der Waals surface area contributed by atoms with Crippen molar-refractivity contribution < 1.29 is 14.3 Å². The van der Waals surface area contributed by atoms with Crippen LogP contribution in [0.2, 0.25) is 0 Å². The lowest BCUT2D eigenvalue weighted by Gasteiger charge is -2.21. The Hall–Kier alpha value is -3.66. The third kappa shape index (κ3) is 2.89. The van der Waals surface area contributed by atoms with E-state index in [0.717, 1.165) is 22.0 Å². The topological polar surface area (TPSA) is 46.6 Å². The number of para-hydroxylation sites is 1. The van der Waals surface area contributed by atoms with E-state index in [9.17, 15) is 9.59 Å². The Morgan fingerprint density at radius 2 is 1.61 bits per heavy atom. The maximum absolute atomic E-state index is 13.2. The van der Waals surface area contributed by atoms with Crippen LogP contribution in [-0.4, -0.2) is 18.9 Å². The minimum absolute atomic E-state index is 0.0674. The number of Topliss-reactive ketones (excluding diaryl/α,β-unsaturated/α-hetero) is 1. The highest BCUT2D eigenvalue weighted by Gasteiger charge is 2.38. The summed E-state index contributed by atoms with van der Waals surface area (Å²) in [5.41, 5.74) is 2.80. The van der Waals surface area contributed by atoms with Gasteiger partial charge in [0, 0.05) is 11.4 Å². The molecule has 0 fully saturated rings. The summed E-state index contributed by atoms with van der Waals surface area (Å²) < 4.78 is 4.86. The van der Waals surface area contributed by atoms with Crippen molar-refractivity contribution in [3.63, 3.8) is 0 Å². The molecule has 0 spiro atoms. The van der Waals surface area contributed by atoms with Crippen molar-refractivity contribution in [3.05, 3.63) is 95.3 Å². The van der Waals surface area contributed by atoms with Crippen LogP contribution in [0.25, 0.3) is 16.8 Å². The lowest BCUT2D eigenvalue weighted by atomic mass is 10.0. The van der Waals surface area contributed by atoms with Gasteiger partial charge >= 0.3 is 5.97 Å². The van der Waals surface area contributed by atoms with Gasteiger partial charge in [-0.1, -0.05) is 60.7 Å². The number of anilines is 1. The third-order valence-electron chi connectivity index (χ3n) is 4.92. The molecule has 0 N–H and O–H groups in total. The smallest absolute Gasteiger partial charge is 0.343 e. The summed E-state index contributed by atoms with van der Waals surface area (Å²) in [7, 11) is 1.29. The number of ketones is 1. The highest BCUT2D eigenvalue weighted by atomic mass is 16.5. The molecular formula is C24H19NO3. The normalized spacial score (nSPS) is 15.6. The largest absolute Gasteiger partial charge is 0.465 e. The average molecular weight is 369 g/mol. The van der Waals surface area contributed by atoms with Crippen molar-refractivity contribution in [2.24, 2.45) is 0 Å². The number of benzene rings is 3. The Labute approximate surface area is 163 Å². The second-order valence-corrected chi connectivity index (χ2v) is 6.55. The van der Waals surface area contributed by atoms with E-state index in [-0.39, 0.29) is 11.4 Å². The van der Waals surface area contributed by atoms with E-state index in [4.69, 9.17) is 4.74 Å². The number of nitrogens with zero attached hydrogens (tertiary/aromatic N) is 1. The quantitative estimate of drug-likeness (QED) is 0.381. The highest BCUT2D eigenvalue weighted by molar-refractivity contribution is 6.30. The van der Waals surface area contributed by atoms with Gasteiger partial charge in [-0.25, -0.2) is 4.79 Å². The Balaban J connectivity index is 1.92. The summed E-state index contributed by atoms with van der Waals surface area (Å²) in [6.07, 6.45) is 1.84. The fourth-order valence-corrected chi connectivity index (χ4v) is 3.59. The molecule has 0 bridgehead atoms. The van der Waals surface area contributed by atoms with E-state index in [1.807, 2.05) is 83.8 Å². The Kier molecular flexibility index (Phi) is 4.53. The van der Waals surface area contributed by atoms with Crippen molar-refractivity contribution in [1.82, 2.24) is 0 Å². The summed E-state index contributed by atoms with van der Waals surface area (Å²) in [5, 5.41) is 2.13. The van der Waals surface area contributed by atoms with Crippen LogP contribution in [0, 0.1) is 0 Å². The molecule has 3 aromatic rings. The molecular weight excluding hydrogens is 350 g/mol. The second-order valence-electron chi connectivity index (χ2n) is 6.55. The number of carbonyl (C=O) groups excluding carboxylic acids is 2. The van der Waals surface area contributed by atoms with Crippen LogP contribution in [0.1, 0.15) is 12.5 Å². The number of hydrogen-bond donors (Lipinski definition) is 0. The van der Waals surface area contributed by atoms with Gasteiger partial charge in [0.1, 0.15) is 5.57 Å². The van der Waals surface area contributed by atoms with Gasteiger partial charge in [-0.3, -0.25) is 4.79 Å². The number of esters is 1. The molecule has 0 unspecified atom stereocenters. The van der Waals surface area contributed by atoms with Crippen LogP contribution in [0.4, 0.5) is 5.69 Å². The fourth-order valence-electron chi connectivity index (χ4n) is 3.59. The van der Waals surface area contributed by atoms with E-state index >= 15 is 0 Å². The van der Waals surface area contributed by atoms with Gasteiger partial charge < -0.3 is 9.64 Å². The Morgan fingerprint density at radius 1 is 0.929 bits per heavy atom. The van der Waals surface area contributed by atoms with E-state index < -0.39 is 5.97 Å². The molecule has 4 rings (SSSR count). The molecule has 0 saturated carbocycles. The molecule has 0 aliphatic carbocycles. The molecule has 0 amide bonds. The summed E-state index contributed by atoms with van der Waals surface area (Å²) >= 11 is 0. The van der Waals surface area contributed by atoms with Crippen LogP contribution >= 0.6 is 0 Å². The third-order valence-corrected chi connectivity index (χ3v) is 4.92. The van der Waals surface area contributed by atoms with Crippen molar-refractivity contribution in [3.8, 4) is 0 Å². The summed E-state index contributed by atoms with van der Waals surface area (Å²) in [6.45, 7) is 1.76. The lowest BCUT2D eigenvalue weighted by Crippen LogP contribution is -2.18. The predicted molar refractivity (Wildman–Crippen MR) is 111 cm³/mol. The van der Waals surface area contributed by atoms with Gasteiger partial charge in [-0.05, 0) is 41.5 Å². The number of methoxy groups -OCH3 is 1. The van der Waals surface area contributed by atoms with Gasteiger partial charge in [0.05, 0.1) is 12.8 Å². The average Bonchev–Trinajstić information content (AvgIpc) is 2.98. The SMILES string of the molecule is COC(=O)C1=C(C)N(c2ccccc2)/C(=C/c2cccc3ccccc23)C1=O. The molecule has 4 heteroatoms. The molecule has 1 aliphatic rings. The van der Waals surface area contributed by atoms with Gasteiger partial charge in [0.25, 0.3) is 0 Å². The standard InChI is InChI=1S/C24H19NO3/c1-16-22(24(27)28-2)23(26)21(25(16)19-12-4-3-5-13-19)15-18-11-8-10-17-9-6-7-14-20(17)18/h3-15H,1-2H3/b21-15+. The van der Waals surface area contributed by atoms with Crippen LogP contribution in [0.15, 0.2) is 89.8 Å². The molecule has 1 aliphatic heterocycles. The molecule has 3 aromatic carbocycles. The minimum atomic E-state index is -0.621. The summed E-state index contributed by atoms with van der Waals surface area (Å²) in [5.74, 6) is -0.953. The van der Waals surface area contributed by atoms with Gasteiger partial charge in [-0.2, -0.15) is 0 Å². The number of allylic oxidation sites excluding steroid dienone is 2. The molecule has 28 heavy (non-hydrogen) atoms. The number of hydrogen-bond acceptors (Lipinski definition) is 4. The zero-order valence-electron chi connectivity index (χ0n) is 15.7. The molecule has 0 atom stereocenters. The monoisotopic (exact) mass is 369 g/mol. The highest BCUT2D eigenvalue weighted by Crippen LogP contribution is 2.36. The van der Waals surface area contributed by atoms with E-state index in [1.165, 1.54) is 7.11 Å². The van der Waals surface area contributed by atoms with Crippen molar-refractivity contribution >= 4 is 34.3 Å². The minimum Gasteiger partial charge on any atom is -0.465 e. The second kappa shape index (κ2) is 7.16. The number of ether oxygens (including phenoxy) is 1. The Bertz CT molecular complexity index is 1140. The molecule has 138 valence electrons. The lowest BCUT2D eigenvalue weighted by molar-refractivity contribution is -0.137. The van der Waals surface area contributed by atoms with Crippen LogP contribution in [0.3, 0.4) is 0 Å². The maximum Gasteiger partial charge on any atom is 0.343 e. The van der Waals surface area contributed by atoms with Crippen LogP contribution < -0.4 is 4.90 Å². The first kappa shape index (κ1) is 17.7. The van der Waals surface area contributed by atoms with Crippen molar-refractivity contribution in [1.29, 1.82) is 0 Å². The van der Waals surface area contributed by atoms with Crippen molar-refractivity contribution in [2.75, 3.05) is 12.0 Å². The maximum atomic E-state index is 13.2.